The van der Waals surface area contributed by atoms with Gasteiger partial charge in [-0.15, -0.1) is 0 Å². The van der Waals surface area contributed by atoms with E-state index in [0.29, 0.717) is 29.6 Å². The summed E-state index contributed by atoms with van der Waals surface area (Å²) in [4.78, 5) is 11.5. The highest BCUT2D eigenvalue weighted by Crippen LogP contribution is 2.16. The molecule has 0 bridgehead atoms. The number of pyridine rings is 1. The third-order valence-electron chi connectivity index (χ3n) is 2.40. The van der Waals surface area contributed by atoms with Crippen molar-refractivity contribution in [3.05, 3.63) is 58.0 Å². The second kappa shape index (κ2) is 5.60. The molecule has 5 heteroatoms. The molecule has 0 aliphatic rings. The van der Waals surface area contributed by atoms with Crippen LogP contribution < -0.4 is 16.0 Å². The van der Waals surface area contributed by atoms with Crippen molar-refractivity contribution in [3.8, 4) is 5.75 Å². The molecule has 0 radical (unpaired) electrons. The first-order valence-corrected chi connectivity index (χ1v) is 5.87. The second-order valence-corrected chi connectivity index (χ2v) is 4.24. The number of hydrogen-bond acceptors (Lipinski definition) is 3. The highest BCUT2D eigenvalue weighted by atomic mass is 35.5. The summed E-state index contributed by atoms with van der Waals surface area (Å²) in [5.74, 6) is 0.680. The molecule has 0 aliphatic carbocycles. The van der Waals surface area contributed by atoms with Gasteiger partial charge in [0.25, 0.3) is 5.56 Å². The van der Waals surface area contributed by atoms with E-state index in [0.717, 1.165) is 0 Å². The standard InChI is InChI=1S/C13H13ClN2O2/c14-10-2-1-3-12(8-10)18-7-6-16-9-11(15)4-5-13(16)17/h1-5,8-9H,6-7,15H2. The number of rotatable bonds is 4. The molecule has 0 spiro atoms. The van der Waals surface area contributed by atoms with E-state index >= 15 is 0 Å². The molecule has 1 aromatic carbocycles. The van der Waals surface area contributed by atoms with Crippen LogP contribution in [0.15, 0.2) is 47.4 Å². The van der Waals surface area contributed by atoms with Gasteiger partial charge in [0.1, 0.15) is 12.4 Å². The Morgan fingerprint density at radius 1 is 1.28 bits per heavy atom. The SMILES string of the molecule is Nc1ccc(=O)n(CCOc2cccc(Cl)c2)c1. The second-order valence-electron chi connectivity index (χ2n) is 3.80. The number of hydrogen-bond donors (Lipinski definition) is 1. The van der Waals surface area contributed by atoms with Crippen molar-refractivity contribution in [2.45, 2.75) is 6.54 Å². The van der Waals surface area contributed by atoms with Crippen LogP contribution in [0.3, 0.4) is 0 Å². The van der Waals surface area contributed by atoms with Gasteiger partial charge >= 0.3 is 0 Å². The minimum Gasteiger partial charge on any atom is -0.492 e. The third kappa shape index (κ3) is 3.28. The molecular weight excluding hydrogens is 252 g/mol. The van der Waals surface area contributed by atoms with Crippen LogP contribution >= 0.6 is 11.6 Å². The van der Waals surface area contributed by atoms with Crippen LogP contribution in [0.25, 0.3) is 0 Å². The van der Waals surface area contributed by atoms with Gasteiger partial charge in [-0.05, 0) is 24.3 Å². The minimum atomic E-state index is -0.0982. The molecule has 2 rings (SSSR count). The molecule has 2 aromatic rings. The van der Waals surface area contributed by atoms with Gasteiger partial charge in [-0.25, -0.2) is 0 Å². The number of anilines is 1. The minimum absolute atomic E-state index is 0.0982. The van der Waals surface area contributed by atoms with Crippen molar-refractivity contribution in [2.24, 2.45) is 0 Å². The number of nitrogens with zero attached hydrogens (tertiary/aromatic N) is 1. The monoisotopic (exact) mass is 264 g/mol. The first-order valence-electron chi connectivity index (χ1n) is 5.49. The Labute approximate surface area is 110 Å². The molecule has 0 saturated heterocycles. The largest absolute Gasteiger partial charge is 0.492 e. The normalized spacial score (nSPS) is 10.3. The third-order valence-corrected chi connectivity index (χ3v) is 2.64. The fraction of sp³-hybridized carbons (Fsp3) is 0.154. The highest BCUT2D eigenvalue weighted by Gasteiger charge is 1.98. The predicted octanol–water partition coefficient (Wildman–Crippen LogP) is 2.16. The fourth-order valence-electron chi connectivity index (χ4n) is 1.54. The van der Waals surface area contributed by atoms with E-state index in [1.165, 1.54) is 10.6 Å². The lowest BCUT2D eigenvalue weighted by atomic mass is 10.3. The summed E-state index contributed by atoms with van der Waals surface area (Å²) in [6.07, 6.45) is 1.60. The van der Waals surface area contributed by atoms with Crippen molar-refractivity contribution < 1.29 is 4.74 Å². The lowest BCUT2D eigenvalue weighted by Crippen LogP contribution is -2.22. The van der Waals surface area contributed by atoms with E-state index in [2.05, 4.69) is 0 Å². The Morgan fingerprint density at radius 3 is 2.89 bits per heavy atom. The number of nitrogens with two attached hydrogens (primary N) is 1. The molecule has 2 N–H and O–H groups in total. The Balaban J connectivity index is 1.96. The molecule has 0 saturated carbocycles. The lowest BCUT2D eigenvalue weighted by Gasteiger charge is -2.08. The van der Waals surface area contributed by atoms with Gasteiger partial charge in [0.2, 0.25) is 0 Å². The summed E-state index contributed by atoms with van der Waals surface area (Å²) in [6, 6.07) is 10.1. The van der Waals surface area contributed by atoms with Gasteiger partial charge in [-0.3, -0.25) is 4.79 Å². The number of benzene rings is 1. The van der Waals surface area contributed by atoms with Crippen LogP contribution in [0, 0.1) is 0 Å². The average molecular weight is 265 g/mol. The number of ether oxygens (including phenoxy) is 1. The van der Waals surface area contributed by atoms with Gasteiger partial charge < -0.3 is 15.0 Å². The van der Waals surface area contributed by atoms with Gasteiger partial charge in [0.15, 0.2) is 0 Å². The van der Waals surface area contributed by atoms with Crippen molar-refractivity contribution in [1.29, 1.82) is 0 Å². The molecule has 1 aromatic heterocycles. The number of nitrogen functional groups attached to an aromatic ring is 1. The fourth-order valence-corrected chi connectivity index (χ4v) is 1.72. The zero-order chi connectivity index (χ0) is 13.0. The summed E-state index contributed by atoms with van der Waals surface area (Å²) in [7, 11) is 0. The van der Waals surface area contributed by atoms with E-state index in [4.69, 9.17) is 22.1 Å². The molecule has 0 amide bonds. The van der Waals surface area contributed by atoms with Crippen LogP contribution in [0.1, 0.15) is 0 Å². The Hall–Kier alpha value is -1.94. The highest BCUT2D eigenvalue weighted by molar-refractivity contribution is 6.30. The molecule has 4 nitrogen and oxygen atoms in total. The predicted molar refractivity (Wildman–Crippen MR) is 72.1 cm³/mol. The molecular formula is C13H13ClN2O2. The van der Waals surface area contributed by atoms with Crippen molar-refractivity contribution >= 4 is 17.3 Å². The van der Waals surface area contributed by atoms with Crippen molar-refractivity contribution in [1.82, 2.24) is 4.57 Å². The summed E-state index contributed by atoms with van der Waals surface area (Å²) >= 11 is 5.84. The van der Waals surface area contributed by atoms with Gasteiger partial charge in [0, 0.05) is 23.0 Å². The van der Waals surface area contributed by atoms with Gasteiger partial charge in [0.05, 0.1) is 6.54 Å². The summed E-state index contributed by atoms with van der Waals surface area (Å²) in [5, 5.41) is 0.619. The van der Waals surface area contributed by atoms with Crippen LogP contribution in [-0.2, 0) is 6.54 Å². The molecule has 0 unspecified atom stereocenters. The van der Waals surface area contributed by atoms with Crippen molar-refractivity contribution in [3.63, 3.8) is 0 Å². The molecule has 1 heterocycles. The van der Waals surface area contributed by atoms with Crippen LogP contribution in [0.4, 0.5) is 5.69 Å². The van der Waals surface area contributed by atoms with E-state index in [1.54, 1.807) is 24.4 Å². The Kier molecular flexibility index (Phi) is 3.89. The Morgan fingerprint density at radius 2 is 2.11 bits per heavy atom. The van der Waals surface area contributed by atoms with Crippen LogP contribution in [0.5, 0.6) is 5.75 Å². The quantitative estimate of drug-likeness (QED) is 0.921. The average Bonchev–Trinajstić information content (AvgIpc) is 2.34. The van der Waals surface area contributed by atoms with Gasteiger partial charge in [-0.1, -0.05) is 17.7 Å². The first kappa shape index (κ1) is 12.5. The molecule has 18 heavy (non-hydrogen) atoms. The molecule has 94 valence electrons. The van der Waals surface area contributed by atoms with E-state index in [-0.39, 0.29) is 5.56 Å². The smallest absolute Gasteiger partial charge is 0.250 e. The number of halogens is 1. The van der Waals surface area contributed by atoms with Crippen LogP contribution in [0.2, 0.25) is 5.02 Å². The van der Waals surface area contributed by atoms with E-state index in [9.17, 15) is 4.79 Å². The molecule has 0 fully saturated rings. The molecule has 0 atom stereocenters. The summed E-state index contributed by atoms with van der Waals surface area (Å²) < 4.78 is 7.01. The maximum atomic E-state index is 11.5. The van der Waals surface area contributed by atoms with Crippen LogP contribution in [-0.4, -0.2) is 11.2 Å². The first-order chi connectivity index (χ1) is 8.65. The van der Waals surface area contributed by atoms with Gasteiger partial charge in [-0.2, -0.15) is 0 Å². The summed E-state index contributed by atoms with van der Waals surface area (Å²) in [5.41, 5.74) is 6.07. The lowest BCUT2D eigenvalue weighted by molar-refractivity contribution is 0.296. The maximum Gasteiger partial charge on any atom is 0.250 e. The zero-order valence-electron chi connectivity index (χ0n) is 9.67. The van der Waals surface area contributed by atoms with E-state index in [1.807, 2.05) is 12.1 Å². The molecule has 0 aliphatic heterocycles. The topological polar surface area (TPSA) is 57.2 Å². The zero-order valence-corrected chi connectivity index (χ0v) is 10.4. The van der Waals surface area contributed by atoms with E-state index < -0.39 is 0 Å². The maximum absolute atomic E-state index is 11.5. The van der Waals surface area contributed by atoms with Crippen molar-refractivity contribution in [2.75, 3.05) is 12.3 Å². The number of aromatic nitrogens is 1. The Bertz CT molecular complexity index is 596. The summed E-state index contributed by atoms with van der Waals surface area (Å²) in [6.45, 7) is 0.820.